The van der Waals surface area contributed by atoms with Gasteiger partial charge in [0, 0.05) is 6.61 Å². The summed E-state index contributed by atoms with van der Waals surface area (Å²) in [4.78, 5) is 0. The summed E-state index contributed by atoms with van der Waals surface area (Å²) in [7, 11) is 0. The van der Waals surface area contributed by atoms with Crippen LogP contribution in [0.3, 0.4) is 0 Å². The van der Waals surface area contributed by atoms with Crippen LogP contribution < -0.4 is 0 Å². The molecule has 0 aromatic carbocycles. The molecule has 1 N–H and O–H groups in total. The molecule has 3 fully saturated rings. The first-order valence-electron chi connectivity index (χ1n) is 12.4. The van der Waals surface area contributed by atoms with Crippen molar-refractivity contribution in [1.29, 1.82) is 0 Å². The Balaban J connectivity index is 1.61. The van der Waals surface area contributed by atoms with Gasteiger partial charge in [0.25, 0.3) is 0 Å². The van der Waals surface area contributed by atoms with Gasteiger partial charge in [-0.05, 0) is 116 Å². The van der Waals surface area contributed by atoms with Gasteiger partial charge in [-0.15, -0.1) is 0 Å². The molecule has 3 aliphatic carbocycles. The topological polar surface area (TPSA) is 33.4 Å². The third-order valence-corrected chi connectivity index (χ3v) is 10.1. The molecule has 1 aromatic rings. The second-order valence-electron chi connectivity index (χ2n) is 12.0. The fraction of sp³-hybridized carbons (Fsp3) is 0.852. The third-order valence-electron chi connectivity index (χ3n) is 10.1. The second kappa shape index (κ2) is 8.06. The Morgan fingerprint density at radius 2 is 1.79 bits per heavy atom. The zero-order valence-corrected chi connectivity index (χ0v) is 19.4. The highest BCUT2D eigenvalue weighted by molar-refractivity contribution is 5.12. The van der Waals surface area contributed by atoms with Gasteiger partial charge in [-0.25, -0.2) is 0 Å². The molecular weight excluding hydrogens is 356 g/mol. The first kappa shape index (κ1) is 21.5. The smallest absolute Gasteiger partial charge is 0.0934 e. The van der Waals surface area contributed by atoms with Gasteiger partial charge < -0.3 is 9.52 Å². The number of rotatable bonds is 6. The molecular formula is C27H44O2. The van der Waals surface area contributed by atoms with E-state index < -0.39 is 0 Å². The minimum atomic E-state index is 0.346. The first-order chi connectivity index (χ1) is 13.8. The summed E-state index contributed by atoms with van der Waals surface area (Å²) in [5.74, 6) is 3.33. The van der Waals surface area contributed by atoms with Gasteiger partial charge in [-0.2, -0.15) is 0 Å². The Bertz CT molecular complexity index is 662. The molecule has 1 aromatic heterocycles. The summed E-state index contributed by atoms with van der Waals surface area (Å²) >= 11 is 0. The molecule has 164 valence electrons. The number of aryl methyl sites for hydroxylation is 1. The molecule has 29 heavy (non-hydrogen) atoms. The van der Waals surface area contributed by atoms with Crippen LogP contribution in [-0.4, -0.2) is 11.7 Å². The number of aliphatic hydroxyl groups is 1. The molecule has 2 nitrogen and oxygen atoms in total. The molecule has 6 atom stereocenters. The summed E-state index contributed by atoms with van der Waals surface area (Å²) in [6.45, 7) is 10.8. The van der Waals surface area contributed by atoms with Crippen LogP contribution >= 0.6 is 0 Å². The average Bonchev–Trinajstić information content (AvgIpc) is 3.17. The van der Waals surface area contributed by atoms with Crippen molar-refractivity contribution in [2.24, 2.45) is 39.9 Å². The van der Waals surface area contributed by atoms with E-state index in [0.717, 1.165) is 36.5 Å². The van der Waals surface area contributed by atoms with E-state index in [1.165, 1.54) is 63.4 Å². The standard InChI is InChI=1S/C27H44O2/c1-25(2)14-6-15-27(4)23(25)12-16-26(3)22(10-8-20-13-18-29-19-20)21(7-5-17-28)9-11-24(26)27/h13,18-19,21-24,28H,5-12,14-17H2,1-4H3/t21-,22+,23+,24+,26-,27+/m1/s1. The molecule has 0 bridgehead atoms. The number of hydrogen-bond acceptors (Lipinski definition) is 2. The molecule has 0 amide bonds. The lowest BCUT2D eigenvalue weighted by molar-refractivity contribution is -0.176. The Morgan fingerprint density at radius 3 is 2.52 bits per heavy atom. The fourth-order valence-corrected chi connectivity index (χ4v) is 8.93. The Labute approximate surface area is 178 Å². The highest BCUT2D eigenvalue weighted by atomic mass is 16.3. The van der Waals surface area contributed by atoms with Crippen molar-refractivity contribution in [3.63, 3.8) is 0 Å². The van der Waals surface area contributed by atoms with Crippen LogP contribution in [0.25, 0.3) is 0 Å². The molecule has 1 heterocycles. The molecule has 0 saturated heterocycles. The van der Waals surface area contributed by atoms with Crippen LogP contribution in [0.4, 0.5) is 0 Å². The summed E-state index contributed by atoms with van der Waals surface area (Å²) in [5.41, 5.74) is 2.84. The van der Waals surface area contributed by atoms with E-state index in [-0.39, 0.29) is 0 Å². The van der Waals surface area contributed by atoms with E-state index in [9.17, 15) is 5.11 Å². The van der Waals surface area contributed by atoms with Crippen LogP contribution in [0.2, 0.25) is 0 Å². The van der Waals surface area contributed by atoms with Crippen molar-refractivity contribution >= 4 is 0 Å². The summed E-state index contributed by atoms with van der Waals surface area (Å²) in [5, 5.41) is 9.50. The number of furan rings is 1. The summed E-state index contributed by atoms with van der Waals surface area (Å²) in [6.07, 6.45) is 18.3. The number of fused-ring (bicyclic) bond motifs is 3. The average molecular weight is 401 g/mol. The van der Waals surface area contributed by atoms with Crippen LogP contribution in [0, 0.1) is 39.9 Å². The Morgan fingerprint density at radius 1 is 0.966 bits per heavy atom. The van der Waals surface area contributed by atoms with E-state index in [1.807, 2.05) is 12.5 Å². The zero-order valence-electron chi connectivity index (χ0n) is 19.4. The Hall–Kier alpha value is -0.760. The highest BCUT2D eigenvalue weighted by Gasteiger charge is 2.61. The van der Waals surface area contributed by atoms with Crippen LogP contribution in [0.15, 0.2) is 23.0 Å². The van der Waals surface area contributed by atoms with E-state index in [2.05, 4.69) is 33.8 Å². The quantitative estimate of drug-likeness (QED) is 0.545. The van der Waals surface area contributed by atoms with Gasteiger partial charge in [-0.3, -0.25) is 0 Å². The highest BCUT2D eigenvalue weighted by Crippen LogP contribution is 2.69. The SMILES string of the molecule is CC1(C)CCC[C@]2(C)[C@H]3CC[C@@H](CCCO)[C@H](CCc4ccoc4)[C@@]3(C)CC[C@@H]12. The number of aliphatic hydroxyl groups excluding tert-OH is 1. The minimum absolute atomic E-state index is 0.346. The van der Waals surface area contributed by atoms with Crippen LogP contribution in [0.5, 0.6) is 0 Å². The van der Waals surface area contributed by atoms with Crippen molar-refractivity contribution in [2.45, 2.75) is 98.3 Å². The van der Waals surface area contributed by atoms with Crippen molar-refractivity contribution < 1.29 is 9.52 Å². The van der Waals surface area contributed by atoms with Crippen LogP contribution in [0.1, 0.15) is 97.5 Å². The molecule has 3 aliphatic rings. The van der Waals surface area contributed by atoms with E-state index >= 15 is 0 Å². The summed E-state index contributed by atoms with van der Waals surface area (Å²) in [6, 6.07) is 2.15. The lowest BCUT2D eigenvalue weighted by Gasteiger charge is -2.67. The maximum absolute atomic E-state index is 9.50. The molecule has 3 saturated carbocycles. The van der Waals surface area contributed by atoms with Gasteiger partial charge in [-0.1, -0.05) is 34.1 Å². The molecule has 2 heteroatoms. The maximum atomic E-state index is 9.50. The van der Waals surface area contributed by atoms with Crippen LogP contribution in [-0.2, 0) is 6.42 Å². The van der Waals surface area contributed by atoms with Crippen molar-refractivity contribution in [3.8, 4) is 0 Å². The lowest BCUT2D eigenvalue weighted by Crippen LogP contribution is -2.59. The molecule has 0 spiro atoms. The molecule has 0 radical (unpaired) electrons. The largest absolute Gasteiger partial charge is 0.472 e. The predicted molar refractivity (Wildman–Crippen MR) is 120 cm³/mol. The fourth-order valence-electron chi connectivity index (χ4n) is 8.93. The monoisotopic (exact) mass is 400 g/mol. The van der Waals surface area contributed by atoms with E-state index in [1.54, 1.807) is 0 Å². The lowest BCUT2D eigenvalue weighted by atomic mass is 9.38. The first-order valence-corrected chi connectivity index (χ1v) is 12.4. The molecule has 4 rings (SSSR count). The molecule has 0 aliphatic heterocycles. The molecule has 0 unspecified atom stereocenters. The summed E-state index contributed by atoms with van der Waals surface area (Å²) < 4.78 is 5.35. The Kier molecular flexibility index (Phi) is 5.97. The normalized spacial score (nSPS) is 41.6. The maximum Gasteiger partial charge on any atom is 0.0934 e. The van der Waals surface area contributed by atoms with Gasteiger partial charge in [0.15, 0.2) is 0 Å². The third kappa shape index (κ3) is 3.73. The van der Waals surface area contributed by atoms with Crippen molar-refractivity contribution in [3.05, 3.63) is 24.2 Å². The van der Waals surface area contributed by atoms with Gasteiger partial charge in [0.2, 0.25) is 0 Å². The zero-order chi connectivity index (χ0) is 20.7. The minimum Gasteiger partial charge on any atom is -0.472 e. The number of hydrogen-bond donors (Lipinski definition) is 1. The van der Waals surface area contributed by atoms with Gasteiger partial charge in [0.05, 0.1) is 12.5 Å². The van der Waals surface area contributed by atoms with E-state index in [4.69, 9.17) is 4.42 Å². The van der Waals surface area contributed by atoms with Gasteiger partial charge in [0.1, 0.15) is 0 Å². The van der Waals surface area contributed by atoms with E-state index in [0.29, 0.717) is 22.9 Å². The van der Waals surface area contributed by atoms with Crippen molar-refractivity contribution in [2.75, 3.05) is 6.61 Å². The van der Waals surface area contributed by atoms with Crippen molar-refractivity contribution in [1.82, 2.24) is 0 Å². The second-order valence-corrected chi connectivity index (χ2v) is 12.0. The van der Waals surface area contributed by atoms with Gasteiger partial charge >= 0.3 is 0 Å². The predicted octanol–water partition coefficient (Wildman–Crippen LogP) is 7.26.